The van der Waals surface area contributed by atoms with Gasteiger partial charge in [-0.2, -0.15) is 0 Å². The SMILES string of the molecule is O=C(COC(=O)COc1ccc2oc3c(c2c1)CCCC3)NCCc1cccs1. The van der Waals surface area contributed by atoms with Gasteiger partial charge in [-0.1, -0.05) is 6.07 Å². The van der Waals surface area contributed by atoms with Gasteiger partial charge in [-0.3, -0.25) is 4.79 Å². The number of hydrogen-bond acceptors (Lipinski definition) is 6. The summed E-state index contributed by atoms with van der Waals surface area (Å²) in [6.07, 6.45) is 5.07. The van der Waals surface area contributed by atoms with Crippen molar-refractivity contribution in [2.24, 2.45) is 0 Å². The third-order valence-corrected chi connectivity index (χ3v) is 5.86. The number of thiophene rings is 1. The van der Waals surface area contributed by atoms with Gasteiger partial charge in [0, 0.05) is 28.8 Å². The van der Waals surface area contributed by atoms with Gasteiger partial charge in [0.15, 0.2) is 13.2 Å². The number of carbonyl (C=O) groups excluding carboxylic acids is 2. The zero-order chi connectivity index (χ0) is 20.1. The van der Waals surface area contributed by atoms with Gasteiger partial charge in [-0.05, 0) is 55.3 Å². The van der Waals surface area contributed by atoms with Gasteiger partial charge in [-0.15, -0.1) is 11.3 Å². The highest BCUT2D eigenvalue weighted by atomic mass is 32.1. The molecule has 0 radical (unpaired) electrons. The minimum Gasteiger partial charge on any atom is -0.482 e. The number of fused-ring (bicyclic) bond motifs is 3. The Morgan fingerprint density at radius 2 is 2.03 bits per heavy atom. The predicted octanol–water partition coefficient (Wildman–Crippen LogP) is 3.65. The first-order chi connectivity index (χ1) is 14.2. The fourth-order valence-corrected chi connectivity index (χ4v) is 4.20. The minimum atomic E-state index is -0.576. The first-order valence-corrected chi connectivity index (χ1v) is 10.7. The molecule has 0 bridgehead atoms. The number of nitrogens with one attached hydrogen (secondary N) is 1. The predicted molar refractivity (Wildman–Crippen MR) is 110 cm³/mol. The van der Waals surface area contributed by atoms with Crippen LogP contribution in [0.4, 0.5) is 0 Å². The van der Waals surface area contributed by atoms with Gasteiger partial charge in [0.05, 0.1) is 0 Å². The number of benzene rings is 1. The number of rotatable bonds is 8. The minimum absolute atomic E-state index is 0.242. The lowest BCUT2D eigenvalue weighted by Crippen LogP contribution is -2.31. The summed E-state index contributed by atoms with van der Waals surface area (Å²) < 4.78 is 16.4. The Hall–Kier alpha value is -2.80. The molecule has 2 heterocycles. The van der Waals surface area contributed by atoms with Crippen molar-refractivity contribution in [1.82, 2.24) is 5.32 Å². The first kappa shape index (κ1) is 19.5. The molecular weight excluding hydrogens is 390 g/mol. The summed E-state index contributed by atoms with van der Waals surface area (Å²) in [5.41, 5.74) is 2.10. The molecule has 1 aliphatic rings. The fourth-order valence-electron chi connectivity index (χ4n) is 3.49. The molecule has 0 atom stereocenters. The maximum absolute atomic E-state index is 11.9. The summed E-state index contributed by atoms with van der Waals surface area (Å²) in [5.74, 6) is 0.756. The lowest BCUT2D eigenvalue weighted by Gasteiger charge is -2.09. The smallest absolute Gasteiger partial charge is 0.344 e. The molecule has 4 rings (SSSR count). The van der Waals surface area contributed by atoms with Crippen LogP contribution in [0.15, 0.2) is 40.1 Å². The van der Waals surface area contributed by atoms with Gasteiger partial charge in [0.2, 0.25) is 0 Å². The Morgan fingerprint density at radius 3 is 2.90 bits per heavy atom. The number of esters is 1. The summed E-state index contributed by atoms with van der Waals surface area (Å²) in [4.78, 5) is 24.9. The van der Waals surface area contributed by atoms with E-state index in [0.29, 0.717) is 12.3 Å². The number of amides is 1. The topological polar surface area (TPSA) is 77.8 Å². The molecule has 29 heavy (non-hydrogen) atoms. The van der Waals surface area contributed by atoms with E-state index in [1.54, 1.807) is 17.4 Å². The van der Waals surface area contributed by atoms with E-state index < -0.39 is 5.97 Å². The highest BCUT2D eigenvalue weighted by Crippen LogP contribution is 2.33. The second-order valence-electron chi connectivity index (χ2n) is 7.00. The van der Waals surface area contributed by atoms with E-state index in [1.807, 2.05) is 29.6 Å². The van der Waals surface area contributed by atoms with Crippen molar-refractivity contribution < 1.29 is 23.5 Å². The molecule has 3 aromatic rings. The zero-order valence-electron chi connectivity index (χ0n) is 16.1. The van der Waals surface area contributed by atoms with Crippen molar-refractivity contribution in [2.75, 3.05) is 19.8 Å². The van der Waals surface area contributed by atoms with E-state index in [4.69, 9.17) is 13.9 Å². The fraction of sp³-hybridized carbons (Fsp3) is 0.364. The van der Waals surface area contributed by atoms with E-state index in [-0.39, 0.29) is 19.1 Å². The second-order valence-corrected chi connectivity index (χ2v) is 8.03. The standard InChI is InChI=1S/C22H23NO5S/c24-21(23-10-9-16-4-3-11-29-16)13-27-22(25)14-26-15-7-8-20-18(12-15)17-5-1-2-6-19(17)28-20/h3-4,7-8,11-12H,1-2,5-6,9-10,13-14H2,(H,23,24). The van der Waals surface area contributed by atoms with Gasteiger partial charge in [-0.25, -0.2) is 4.79 Å². The quantitative estimate of drug-likeness (QED) is 0.571. The Bertz CT molecular complexity index is 992. The number of aryl methyl sites for hydroxylation is 2. The van der Waals surface area contributed by atoms with Crippen LogP contribution in [0.2, 0.25) is 0 Å². The summed E-state index contributed by atoms with van der Waals surface area (Å²) in [6, 6.07) is 9.55. The molecule has 7 heteroatoms. The van der Waals surface area contributed by atoms with Crippen LogP contribution in [0, 0.1) is 0 Å². The van der Waals surface area contributed by atoms with Crippen LogP contribution in [0.3, 0.4) is 0 Å². The van der Waals surface area contributed by atoms with Crippen molar-refractivity contribution >= 4 is 34.2 Å². The van der Waals surface area contributed by atoms with Gasteiger partial charge >= 0.3 is 5.97 Å². The number of ether oxygens (including phenoxy) is 2. The van der Waals surface area contributed by atoms with Crippen molar-refractivity contribution in [3.63, 3.8) is 0 Å². The summed E-state index contributed by atoms with van der Waals surface area (Å²) in [6.45, 7) is -0.0304. The molecular formula is C22H23NO5S. The van der Waals surface area contributed by atoms with Crippen LogP contribution in [-0.2, 0) is 33.6 Å². The largest absolute Gasteiger partial charge is 0.482 e. The van der Waals surface area contributed by atoms with E-state index >= 15 is 0 Å². The van der Waals surface area contributed by atoms with Gasteiger partial charge in [0.1, 0.15) is 17.1 Å². The van der Waals surface area contributed by atoms with E-state index in [0.717, 1.165) is 48.8 Å². The van der Waals surface area contributed by atoms with E-state index in [2.05, 4.69) is 5.32 Å². The molecule has 0 unspecified atom stereocenters. The van der Waals surface area contributed by atoms with Crippen LogP contribution in [0.1, 0.15) is 29.0 Å². The summed E-state index contributed by atoms with van der Waals surface area (Å²) >= 11 is 1.65. The zero-order valence-corrected chi connectivity index (χ0v) is 16.9. The molecule has 1 N–H and O–H groups in total. The molecule has 0 aliphatic heterocycles. The molecule has 0 saturated carbocycles. The molecule has 0 fully saturated rings. The van der Waals surface area contributed by atoms with Crippen LogP contribution < -0.4 is 10.1 Å². The van der Waals surface area contributed by atoms with Crippen molar-refractivity contribution in [1.29, 1.82) is 0 Å². The number of carbonyl (C=O) groups is 2. The highest BCUT2D eigenvalue weighted by Gasteiger charge is 2.18. The summed E-state index contributed by atoms with van der Waals surface area (Å²) in [7, 11) is 0. The van der Waals surface area contributed by atoms with Crippen LogP contribution in [0.5, 0.6) is 5.75 Å². The molecule has 0 spiro atoms. The lowest BCUT2D eigenvalue weighted by molar-refractivity contribution is -0.150. The molecule has 1 aliphatic carbocycles. The monoisotopic (exact) mass is 413 g/mol. The molecule has 2 aromatic heterocycles. The summed E-state index contributed by atoms with van der Waals surface area (Å²) in [5, 5.41) is 5.79. The Kier molecular flexibility index (Phi) is 6.14. The van der Waals surface area contributed by atoms with Crippen molar-refractivity contribution in [3.8, 4) is 5.75 Å². The molecule has 1 amide bonds. The maximum Gasteiger partial charge on any atom is 0.344 e. The molecule has 0 saturated heterocycles. The first-order valence-electron chi connectivity index (χ1n) is 9.81. The Labute approximate surface area is 172 Å². The highest BCUT2D eigenvalue weighted by molar-refractivity contribution is 7.09. The van der Waals surface area contributed by atoms with Gasteiger partial charge in [0.25, 0.3) is 5.91 Å². The third-order valence-electron chi connectivity index (χ3n) is 4.92. The Morgan fingerprint density at radius 1 is 1.14 bits per heavy atom. The third kappa shape index (κ3) is 4.98. The van der Waals surface area contributed by atoms with Crippen molar-refractivity contribution in [3.05, 3.63) is 51.9 Å². The van der Waals surface area contributed by atoms with Crippen LogP contribution in [0.25, 0.3) is 11.0 Å². The number of hydrogen-bond donors (Lipinski definition) is 1. The van der Waals surface area contributed by atoms with Crippen LogP contribution >= 0.6 is 11.3 Å². The second kappa shape index (κ2) is 9.13. The molecule has 6 nitrogen and oxygen atoms in total. The normalized spacial score (nSPS) is 13.1. The number of furan rings is 1. The van der Waals surface area contributed by atoms with Crippen LogP contribution in [-0.4, -0.2) is 31.6 Å². The average molecular weight is 413 g/mol. The van der Waals surface area contributed by atoms with Crippen molar-refractivity contribution in [2.45, 2.75) is 32.1 Å². The van der Waals surface area contributed by atoms with E-state index in [9.17, 15) is 9.59 Å². The molecule has 1 aromatic carbocycles. The average Bonchev–Trinajstić information content (AvgIpc) is 3.38. The van der Waals surface area contributed by atoms with Gasteiger partial charge < -0.3 is 19.2 Å². The molecule has 152 valence electrons. The maximum atomic E-state index is 11.9. The van der Waals surface area contributed by atoms with E-state index in [1.165, 1.54) is 10.4 Å². The Balaban J connectivity index is 1.21. The lowest BCUT2D eigenvalue weighted by atomic mass is 9.96.